The van der Waals surface area contributed by atoms with Crippen molar-refractivity contribution in [3.05, 3.63) is 23.3 Å². The summed E-state index contributed by atoms with van der Waals surface area (Å²) in [7, 11) is 3.52. The van der Waals surface area contributed by atoms with Crippen LogP contribution in [0.1, 0.15) is 23.5 Å². The lowest BCUT2D eigenvalue weighted by atomic mass is 9.76. The van der Waals surface area contributed by atoms with Gasteiger partial charge in [-0.05, 0) is 37.1 Å². The Kier molecular flexibility index (Phi) is 2.97. The van der Waals surface area contributed by atoms with Crippen LogP contribution in [0.5, 0.6) is 5.75 Å². The lowest BCUT2D eigenvalue weighted by Gasteiger charge is -2.41. The van der Waals surface area contributed by atoms with Crippen molar-refractivity contribution in [1.29, 1.82) is 0 Å². The number of nitrogens with one attached hydrogen (secondary N) is 1. The zero-order chi connectivity index (χ0) is 13.6. The lowest BCUT2D eigenvalue weighted by molar-refractivity contribution is -0.124. The number of rotatable bonds is 1. The van der Waals surface area contributed by atoms with Crippen LogP contribution in [-0.2, 0) is 4.79 Å². The molecule has 2 aliphatic heterocycles. The van der Waals surface area contributed by atoms with Gasteiger partial charge in [-0.15, -0.1) is 0 Å². The molecule has 4 heteroatoms. The molecule has 2 heterocycles. The van der Waals surface area contributed by atoms with E-state index in [-0.39, 0.29) is 17.7 Å². The first-order chi connectivity index (χ1) is 9.13. The molecule has 2 unspecified atom stereocenters. The maximum absolute atomic E-state index is 12.5. The minimum Gasteiger partial charge on any atom is -0.495 e. The average molecular weight is 260 g/mol. The highest BCUT2D eigenvalue weighted by Gasteiger charge is 2.41. The molecule has 102 valence electrons. The number of anilines is 1. The summed E-state index contributed by atoms with van der Waals surface area (Å²) in [5.74, 6) is 1.42. The van der Waals surface area contributed by atoms with Gasteiger partial charge in [-0.25, -0.2) is 0 Å². The molecule has 0 radical (unpaired) electrons. The minimum atomic E-state index is 0.116. The molecule has 1 aromatic carbocycles. The standard InChI is InChI=1S/C15H20N2O2/c1-9-6-11-12-8-16-5-4-10(12)15(18)17(2)14(11)13(7-9)19-3/h6-7,10,12,16H,4-5,8H2,1-3H3. The molecule has 2 atom stereocenters. The van der Waals surface area contributed by atoms with Crippen molar-refractivity contribution >= 4 is 11.6 Å². The van der Waals surface area contributed by atoms with Gasteiger partial charge < -0.3 is 15.0 Å². The number of aryl methyl sites for hydroxylation is 1. The van der Waals surface area contributed by atoms with Crippen molar-refractivity contribution in [2.75, 3.05) is 32.1 Å². The predicted octanol–water partition coefficient (Wildman–Crippen LogP) is 1.67. The van der Waals surface area contributed by atoms with Crippen LogP contribution in [-0.4, -0.2) is 33.2 Å². The minimum absolute atomic E-state index is 0.116. The number of nitrogens with zero attached hydrogens (tertiary/aromatic N) is 1. The SMILES string of the molecule is COc1cc(C)cc2c1N(C)C(=O)C1CCNCC21. The van der Waals surface area contributed by atoms with Crippen molar-refractivity contribution < 1.29 is 9.53 Å². The van der Waals surface area contributed by atoms with Gasteiger partial charge in [0.1, 0.15) is 5.75 Å². The number of hydrogen-bond acceptors (Lipinski definition) is 3. The largest absolute Gasteiger partial charge is 0.495 e. The van der Waals surface area contributed by atoms with Gasteiger partial charge in [0, 0.05) is 25.4 Å². The van der Waals surface area contributed by atoms with E-state index in [9.17, 15) is 4.79 Å². The quantitative estimate of drug-likeness (QED) is 0.835. The highest BCUT2D eigenvalue weighted by molar-refractivity contribution is 6.00. The second kappa shape index (κ2) is 4.53. The van der Waals surface area contributed by atoms with E-state index in [1.807, 2.05) is 13.1 Å². The van der Waals surface area contributed by atoms with Gasteiger partial charge in [0.15, 0.2) is 0 Å². The number of ether oxygens (including phenoxy) is 1. The predicted molar refractivity (Wildman–Crippen MR) is 74.9 cm³/mol. The van der Waals surface area contributed by atoms with Crippen molar-refractivity contribution in [2.45, 2.75) is 19.3 Å². The topological polar surface area (TPSA) is 41.6 Å². The molecule has 19 heavy (non-hydrogen) atoms. The number of methoxy groups -OCH3 is 1. The summed E-state index contributed by atoms with van der Waals surface area (Å²) in [6.07, 6.45) is 0.920. The fourth-order valence-electron chi connectivity index (χ4n) is 3.41. The molecule has 0 aromatic heterocycles. The van der Waals surface area contributed by atoms with Gasteiger partial charge in [0.2, 0.25) is 5.91 Å². The van der Waals surface area contributed by atoms with E-state index in [1.165, 1.54) is 11.1 Å². The van der Waals surface area contributed by atoms with Crippen LogP contribution in [0.25, 0.3) is 0 Å². The van der Waals surface area contributed by atoms with Crippen LogP contribution in [0.2, 0.25) is 0 Å². The first kappa shape index (κ1) is 12.5. The third-order valence-electron chi connectivity index (χ3n) is 4.33. The second-order valence-electron chi connectivity index (χ2n) is 5.51. The highest BCUT2D eigenvalue weighted by Crippen LogP contribution is 2.46. The highest BCUT2D eigenvalue weighted by atomic mass is 16.5. The lowest BCUT2D eigenvalue weighted by Crippen LogP contribution is -2.48. The van der Waals surface area contributed by atoms with Crippen LogP contribution in [0, 0.1) is 12.8 Å². The number of amides is 1. The van der Waals surface area contributed by atoms with Gasteiger partial charge >= 0.3 is 0 Å². The van der Waals surface area contributed by atoms with Crippen LogP contribution >= 0.6 is 0 Å². The Labute approximate surface area is 113 Å². The Morgan fingerprint density at radius 2 is 2.16 bits per heavy atom. The summed E-state index contributed by atoms with van der Waals surface area (Å²) in [5, 5.41) is 3.41. The Morgan fingerprint density at radius 1 is 1.37 bits per heavy atom. The smallest absolute Gasteiger partial charge is 0.230 e. The van der Waals surface area contributed by atoms with Gasteiger partial charge in [-0.2, -0.15) is 0 Å². The molecule has 1 amide bonds. The number of carbonyl (C=O) groups excluding carboxylic acids is 1. The van der Waals surface area contributed by atoms with E-state index in [2.05, 4.69) is 18.3 Å². The number of fused-ring (bicyclic) bond motifs is 3. The zero-order valence-corrected chi connectivity index (χ0v) is 11.7. The molecule has 0 saturated carbocycles. The third kappa shape index (κ3) is 1.82. The molecule has 3 rings (SSSR count). The molecule has 1 fully saturated rings. The summed E-state index contributed by atoms with van der Waals surface area (Å²) >= 11 is 0. The fraction of sp³-hybridized carbons (Fsp3) is 0.533. The molecule has 0 aliphatic carbocycles. The van der Waals surface area contributed by atoms with Crippen molar-refractivity contribution in [2.24, 2.45) is 5.92 Å². The summed E-state index contributed by atoms with van der Waals surface area (Å²) in [4.78, 5) is 14.3. The molecule has 0 bridgehead atoms. The van der Waals surface area contributed by atoms with Crippen LogP contribution < -0.4 is 15.0 Å². The molecule has 1 N–H and O–H groups in total. The van der Waals surface area contributed by atoms with E-state index in [1.54, 1.807) is 12.0 Å². The van der Waals surface area contributed by atoms with Crippen molar-refractivity contribution in [3.63, 3.8) is 0 Å². The van der Waals surface area contributed by atoms with Crippen LogP contribution in [0.15, 0.2) is 12.1 Å². The van der Waals surface area contributed by atoms with Gasteiger partial charge in [0.05, 0.1) is 12.8 Å². The molecule has 4 nitrogen and oxygen atoms in total. The number of hydrogen-bond donors (Lipinski definition) is 1. The molecule has 1 saturated heterocycles. The second-order valence-corrected chi connectivity index (χ2v) is 5.51. The van der Waals surface area contributed by atoms with E-state index in [0.29, 0.717) is 0 Å². The molecule has 2 aliphatic rings. The molecule has 1 aromatic rings. The van der Waals surface area contributed by atoms with Gasteiger partial charge in [0.25, 0.3) is 0 Å². The van der Waals surface area contributed by atoms with Gasteiger partial charge in [-0.3, -0.25) is 4.79 Å². The molecular weight excluding hydrogens is 240 g/mol. The van der Waals surface area contributed by atoms with Crippen molar-refractivity contribution in [3.8, 4) is 5.75 Å². The van der Waals surface area contributed by atoms with Crippen LogP contribution in [0.3, 0.4) is 0 Å². The Bertz CT molecular complexity index is 527. The number of benzene rings is 1. The van der Waals surface area contributed by atoms with Crippen LogP contribution in [0.4, 0.5) is 5.69 Å². The first-order valence-corrected chi connectivity index (χ1v) is 6.80. The summed E-state index contributed by atoms with van der Waals surface area (Å²) in [6, 6.07) is 4.20. The monoisotopic (exact) mass is 260 g/mol. The average Bonchev–Trinajstić information content (AvgIpc) is 2.43. The summed E-state index contributed by atoms with van der Waals surface area (Å²) in [5.41, 5.74) is 3.38. The van der Waals surface area contributed by atoms with E-state index < -0.39 is 0 Å². The van der Waals surface area contributed by atoms with Gasteiger partial charge in [-0.1, -0.05) is 6.07 Å². The Morgan fingerprint density at radius 3 is 2.89 bits per heavy atom. The summed E-state index contributed by atoms with van der Waals surface area (Å²) in [6.45, 7) is 3.88. The van der Waals surface area contributed by atoms with E-state index in [4.69, 9.17) is 4.74 Å². The Hall–Kier alpha value is -1.55. The Balaban J connectivity index is 2.19. The molecule has 0 spiro atoms. The third-order valence-corrected chi connectivity index (χ3v) is 4.33. The first-order valence-electron chi connectivity index (χ1n) is 6.80. The summed E-state index contributed by atoms with van der Waals surface area (Å²) < 4.78 is 5.48. The zero-order valence-electron chi connectivity index (χ0n) is 11.7. The maximum Gasteiger partial charge on any atom is 0.230 e. The van der Waals surface area contributed by atoms with E-state index >= 15 is 0 Å². The number of carbonyl (C=O) groups is 1. The van der Waals surface area contributed by atoms with E-state index in [0.717, 1.165) is 30.9 Å². The maximum atomic E-state index is 12.5. The molecular formula is C15H20N2O2. The van der Waals surface area contributed by atoms with Crippen molar-refractivity contribution in [1.82, 2.24) is 5.32 Å². The normalized spacial score (nSPS) is 25.8. The fourth-order valence-corrected chi connectivity index (χ4v) is 3.41. The number of piperidine rings is 1.